The summed E-state index contributed by atoms with van der Waals surface area (Å²) in [5.41, 5.74) is 3.39. The first kappa shape index (κ1) is 20.8. The molecule has 4 rings (SSSR count). The van der Waals surface area contributed by atoms with E-state index in [2.05, 4.69) is 25.9 Å². The Kier molecular flexibility index (Phi) is 6.66. The zero-order valence-corrected chi connectivity index (χ0v) is 18.6. The fraction of sp³-hybridized carbons (Fsp3) is 0.400. The van der Waals surface area contributed by atoms with Crippen molar-refractivity contribution in [2.24, 2.45) is 0 Å². The second-order valence-corrected chi connectivity index (χ2v) is 9.22. The molecule has 1 aromatic carbocycles. The molecule has 0 saturated carbocycles. The number of para-hydroxylation sites is 1. The molecule has 158 valence electrons. The van der Waals surface area contributed by atoms with Crippen LogP contribution in [0.5, 0.6) is 0 Å². The SMILES string of the molecule is Cc1nn(-c2ccccc2)c(C)c1NC(=O)CSc1nnc(NC[C@H]2CCCO2)s1. The molecule has 1 saturated heterocycles. The summed E-state index contributed by atoms with van der Waals surface area (Å²) in [4.78, 5) is 12.5. The van der Waals surface area contributed by atoms with Crippen molar-refractivity contribution >= 4 is 39.8 Å². The molecule has 1 aliphatic rings. The number of carbonyl (C=O) groups excluding carboxylic acids is 1. The molecule has 3 heterocycles. The lowest BCUT2D eigenvalue weighted by Gasteiger charge is -2.08. The van der Waals surface area contributed by atoms with Crippen LogP contribution in [0, 0.1) is 13.8 Å². The normalized spacial score (nSPS) is 16.0. The molecular formula is C20H24N6O2S2. The Labute approximate surface area is 183 Å². The quantitative estimate of drug-likeness (QED) is 0.512. The van der Waals surface area contributed by atoms with Gasteiger partial charge in [-0.25, -0.2) is 4.68 Å². The lowest BCUT2D eigenvalue weighted by Crippen LogP contribution is -2.18. The van der Waals surface area contributed by atoms with Crippen LogP contribution in [0.3, 0.4) is 0 Å². The molecule has 1 aliphatic heterocycles. The Hall–Kier alpha value is -2.43. The predicted molar refractivity (Wildman–Crippen MR) is 120 cm³/mol. The number of hydrogen-bond donors (Lipinski definition) is 2. The first-order valence-electron chi connectivity index (χ1n) is 9.83. The van der Waals surface area contributed by atoms with E-state index >= 15 is 0 Å². The van der Waals surface area contributed by atoms with Crippen molar-refractivity contribution < 1.29 is 9.53 Å². The van der Waals surface area contributed by atoms with Crippen LogP contribution >= 0.6 is 23.1 Å². The van der Waals surface area contributed by atoms with E-state index in [0.717, 1.165) is 58.2 Å². The Morgan fingerprint density at radius 2 is 2.13 bits per heavy atom. The average molecular weight is 445 g/mol. The summed E-state index contributed by atoms with van der Waals surface area (Å²) in [6.07, 6.45) is 2.44. The van der Waals surface area contributed by atoms with Gasteiger partial charge in [0.25, 0.3) is 0 Å². The fourth-order valence-electron chi connectivity index (χ4n) is 3.29. The second kappa shape index (κ2) is 9.59. The molecule has 30 heavy (non-hydrogen) atoms. The smallest absolute Gasteiger partial charge is 0.234 e. The highest BCUT2D eigenvalue weighted by Gasteiger charge is 2.17. The van der Waals surface area contributed by atoms with E-state index < -0.39 is 0 Å². The highest BCUT2D eigenvalue weighted by molar-refractivity contribution is 8.01. The van der Waals surface area contributed by atoms with E-state index in [1.54, 1.807) is 0 Å². The molecule has 0 unspecified atom stereocenters. The van der Waals surface area contributed by atoms with Crippen molar-refractivity contribution in [2.45, 2.75) is 37.1 Å². The number of anilines is 2. The molecule has 1 fully saturated rings. The molecule has 3 aromatic rings. The zero-order valence-electron chi connectivity index (χ0n) is 16.9. The van der Waals surface area contributed by atoms with Gasteiger partial charge in [-0.15, -0.1) is 10.2 Å². The summed E-state index contributed by atoms with van der Waals surface area (Å²) in [5, 5.41) is 19.9. The van der Waals surface area contributed by atoms with Crippen LogP contribution in [-0.2, 0) is 9.53 Å². The van der Waals surface area contributed by atoms with Crippen LogP contribution in [0.25, 0.3) is 5.69 Å². The van der Waals surface area contributed by atoms with Gasteiger partial charge in [0, 0.05) is 13.2 Å². The maximum Gasteiger partial charge on any atom is 0.234 e. The number of nitrogens with zero attached hydrogens (tertiary/aromatic N) is 4. The fourth-order valence-corrected chi connectivity index (χ4v) is 4.85. The third-order valence-corrected chi connectivity index (χ3v) is 6.81. The van der Waals surface area contributed by atoms with Gasteiger partial charge in [-0.1, -0.05) is 41.3 Å². The van der Waals surface area contributed by atoms with Gasteiger partial charge in [0.05, 0.1) is 34.6 Å². The van der Waals surface area contributed by atoms with Crippen molar-refractivity contribution in [1.29, 1.82) is 0 Å². The summed E-state index contributed by atoms with van der Waals surface area (Å²) >= 11 is 2.83. The van der Waals surface area contributed by atoms with Crippen molar-refractivity contribution in [2.75, 3.05) is 29.5 Å². The number of carbonyl (C=O) groups is 1. The van der Waals surface area contributed by atoms with Crippen molar-refractivity contribution in [3.05, 3.63) is 41.7 Å². The topological polar surface area (TPSA) is 94.0 Å². The van der Waals surface area contributed by atoms with Crippen LogP contribution < -0.4 is 10.6 Å². The van der Waals surface area contributed by atoms with Crippen LogP contribution in [0.15, 0.2) is 34.7 Å². The number of rotatable bonds is 8. The average Bonchev–Trinajstić information content (AvgIpc) is 3.49. The summed E-state index contributed by atoms with van der Waals surface area (Å²) in [5.74, 6) is 0.165. The molecule has 1 amide bonds. The van der Waals surface area contributed by atoms with Crippen molar-refractivity contribution in [3.63, 3.8) is 0 Å². The number of thioether (sulfide) groups is 1. The number of nitrogens with one attached hydrogen (secondary N) is 2. The summed E-state index contributed by atoms with van der Waals surface area (Å²) < 4.78 is 8.20. The number of ether oxygens (including phenoxy) is 1. The maximum absolute atomic E-state index is 12.5. The molecule has 8 nitrogen and oxygen atoms in total. The summed E-state index contributed by atoms with van der Waals surface area (Å²) in [6, 6.07) is 9.87. The molecule has 2 N–H and O–H groups in total. The predicted octanol–water partition coefficient (Wildman–Crippen LogP) is 3.66. The van der Waals surface area contributed by atoms with Gasteiger partial charge in [-0.05, 0) is 38.8 Å². The number of hydrogen-bond acceptors (Lipinski definition) is 8. The minimum Gasteiger partial charge on any atom is -0.376 e. The maximum atomic E-state index is 12.5. The largest absolute Gasteiger partial charge is 0.376 e. The first-order chi connectivity index (χ1) is 14.6. The lowest BCUT2D eigenvalue weighted by molar-refractivity contribution is -0.113. The van der Waals surface area contributed by atoms with E-state index in [1.165, 1.54) is 23.1 Å². The van der Waals surface area contributed by atoms with Gasteiger partial charge in [-0.3, -0.25) is 4.79 Å². The van der Waals surface area contributed by atoms with Gasteiger partial charge in [0.2, 0.25) is 11.0 Å². The third kappa shape index (κ3) is 5.00. The zero-order chi connectivity index (χ0) is 20.9. The van der Waals surface area contributed by atoms with E-state index in [-0.39, 0.29) is 17.8 Å². The molecule has 0 radical (unpaired) electrons. The van der Waals surface area contributed by atoms with Gasteiger partial charge >= 0.3 is 0 Å². The first-order valence-corrected chi connectivity index (χ1v) is 11.6. The van der Waals surface area contributed by atoms with Crippen LogP contribution in [-0.4, -0.2) is 50.9 Å². The summed E-state index contributed by atoms with van der Waals surface area (Å²) in [6.45, 7) is 5.42. The third-order valence-electron chi connectivity index (χ3n) is 4.79. The van der Waals surface area contributed by atoms with E-state index in [4.69, 9.17) is 4.74 Å². The van der Waals surface area contributed by atoms with Gasteiger partial charge < -0.3 is 15.4 Å². The van der Waals surface area contributed by atoms with E-state index in [1.807, 2.05) is 48.9 Å². The minimum absolute atomic E-state index is 0.0946. The van der Waals surface area contributed by atoms with E-state index in [9.17, 15) is 4.79 Å². The van der Waals surface area contributed by atoms with Crippen LogP contribution in [0.1, 0.15) is 24.2 Å². The number of amides is 1. The molecule has 2 aromatic heterocycles. The Balaban J connectivity index is 1.30. The number of aromatic nitrogens is 4. The van der Waals surface area contributed by atoms with Gasteiger partial charge in [0.15, 0.2) is 4.34 Å². The highest BCUT2D eigenvalue weighted by Crippen LogP contribution is 2.27. The number of benzene rings is 1. The second-order valence-electron chi connectivity index (χ2n) is 7.02. The standard InChI is InChI=1S/C20H24N6O2S2/c1-13-18(14(2)26(25-13)15-7-4-3-5-8-15)22-17(27)12-29-20-24-23-19(30-20)21-11-16-9-6-10-28-16/h3-5,7-8,16H,6,9-12H2,1-2H3,(H,21,23)(H,22,27)/t16-/m1/s1. The van der Waals surface area contributed by atoms with Gasteiger partial charge in [0.1, 0.15) is 0 Å². The minimum atomic E-state index is -0.0946. The van der Waals surface area contributed by atoms with Crippen LogP contribution in [0.4, 0.5) is 10.8 Å². The molecule has 10 heteroatoms. The summed E-state index contributed by atoms with van der Waals surface area (Å²) in [7, 11) is 0. The molecular weight excluding hydrogens is 420 g/mol. The van der Waals surface area contributed by atoms with Gasteiger partial charge in [-0.2, -0.15) is 5.10 Å². The Morgan fingerprint density at radius 3 is 2.90 bits per heavy atom. The van der Waals surface area contributed by atoms with Crippen molar-refractivity contribution in [3.8, 4) is 5.69 Å². The Bertz CT molecular complexity index is 998. The van der Waals surface area contributed by atoms with E-state index in [0.29, 0.717) is 0 Å². The Morgan fingerprint density at radius 1 is 1.30 bits per heavy atom. The number of aryl methyl sites for hydroxylation is 1. The molecule has 0 spiro atoms. The lowest BCUT2D eigenvalue weighted by atomic mass is 10.2. The molecule has 0 aliphatic carbocycles. The monoisotopic (exact) mass is 444 g/mol. The molecule has 0 bridgehead atoms. The highest BCUT2D eigenvalue weighted by atomic mass is 32.2. The molecule has 1 atom stereocenters. The van der Waals surface area contributed by atoms with Crippen molar-refractivity contribution in [1.82, 2.24) is 20.0 Å². The van der Waals surface area contributed by atoms with Crippen LogP contribution in [0.2, 0.25) is 0 Å².